The minimum absolute atomic E-state index is 0.0539. The molecule has 3 rings (SSSR count). The van der Waals surface area contributed by atoms with Crippen molar-refractivity contribution < 1.29 is 4.79 Å². The molecular weight excluding hydrogens is 226 g/mol. The van der Waals surface area contributed by atoms with Crippen LogP contribution in [0.2, 0.25) is 0 Å². The molecule has 0 unspecified atom stereocenters. The maximum absolute atomic E-state index is 11.3. The van der Waals surface area contributed by atoms with Crippen molar-refractivity contribution in [3.05, 3.63) is 54.5 Å². The zero-order valence-corrected chi connectivity index (χ0v) is 9.87. The first-order valence-electron chi connectivity index (χ1n) is 5.66. The van der Waals surface area contributed by atoms with Gasteiger partial charge in [0.05, 0.1) is 0 Å². The van der Waals surface area contributed by atoms with Crippen LogP contribution in [0.3, 0.4) is 0 Å². The molecule has 3 aromatic rings. The normalized spacial score (nSPS) is 10.7. The highest BCUT2D eigenvalue weighted by molar-refractivity contribution is 5.93. The lowest BCUT2D eigenvalue weighted by Crippen LogP contribution is -1.95. The van der Waals surface area contributed by atoms with Gasteiger partial charge in [-0.1, -0.05) is 30.3 Å². The molecule has 2 aromatic heterocycles. The predicted molar refractivity (Wildman–Crippen MR) is 68.4 cm³/mol. The summed E-state index contributed by atoms with van der Waals surface area (Å²) in [6.07, 6.45) is 3.67. The number of carbonyl (C=O) groups excluding carboxylic acids is 1. The fourth-order valence-corrected chi connectivity index (χ4v) is 1.83. The Balaban J connectivity index is 2.14. The van der Waals surface area contributed by atoms with E-state index in [0.717, 1.165) is 11.1 Å². The summed E-state index contributed by atoms with van der Waals surface area (Å²) in [5.74, 6) is -0.0539. The van der Waals surface area contributed by atoms with Gasteiger partial charge in [0.2, 0.25) is 0 Å². The lowest BCUT2D eigenvalue weighted by molar-refractivity contribution is 0.101. The number of fused-ring (bicyclic) bond motifs is 1. The lowest BCUT2D eigenvalue weighted by atomic mass is 10.1. The van der Waals surface area contributed by atoms with Crippen molar-refractivity contribution in [3.8, 4) is 11.1 Å². The molecule has 0 aliphatic carbocycles. The van der Waals surface area contributed by atoms with Crippen LogP contribution in [0.15, 0.2) is 48.8 Å². The van der Waals surface area contributed by atoms with E-state index < -0.39 is 0 Å². The summed E-state index contributed by atoms with van der Waals surface area (Å²) in [5.41, 5.74) is 3.17. The number of nitrogens with zero attached hydrogens (tertiary/aromatic N) is 3. The fourth-order valence-electron chi connectivity index (χ4n) is 1.83. The van der Waals surface area contributed by atoms with Crippen molar-refractivity contribution in [1.29, 1.82) is 0 Å². The maximum Gasteiger partial charge on any atom is 0.180 e. The SMILES string of the molecule is CC(=O)c1cc2ncc(-c3ccccc3)cn2n1. The molecule has 4 heteroatoms. The number of Topliss-reactive ketones (excluding diaryl/α,β-unsaturated/α-hetero) is 1. The van der Waals surface area contributed by atoms with Gasteiger partial charge in [0.25, 0.3) is 0 Å². The van der Waals surface area contributed by atoms with E-state index in [1.807, 2.05) is 36.5 Å². The summed E-state index contributed by atoms with van der Waals surface area (Å²) in [4.78, 5) is 15.6. The summed E-state index contributed by atoms with van der Waals surface area (Å²) in [6.45, 7) is 1.50. The molecule has 18 heavy (non-hydrogen) atoms. The van der Waals surface area contributed by atoms with Crippen LogP contribution >= 0.6 is 0 Å². The Morgan fingerprint density at radius 1 is 1.17 bits per heavy atom. The molecule has 0 radical (unpaired) electrons. The monoisotopic (exact) mass is 237 g/mol. The van der Waals surface area contributed by atoms with E-state index in [4.69, 9.17) is 0 Å². The van der Waals surface area contributed by atoms with Crippen molar-refractivity contribution in [2.75, 3.05) is 0 Å². The summed E-state index contributed by atoms with van der Waals surface area (Å²) >= 11 is 0. The molecule has 0 saturated carbocycles. The molecule has 1 aromatic carbocycles. The van der Waals surface area contributed by atoms with Crippen LogP contribution in [-0.2, 0) is 0 Å². The first kappa shape index (κ1) is 10.7. The first-order chi connectivity index (χ1) is 8.74. The van der Waals surface area contributed by atoms with Gasteiger partial charge in [-0.3, -0.25) is 4.79 Å². The molecule has 88 valence electrons. The average Bonchev–Trinajstić information content (AvgIpc) is 2.82. The molecule has 0 amide bonds. The third kappa shape index (κ3) is 1.78. The first-order valence-corrected chi connectivity index (χ1v) is 5.66. The highest BCUT2D eigenvalue weighted by Gasteiger charge is 2.07. The quantitative estimate of drug-likeness (QED) is 0.643. The smallest absolute Gasteiger partial charge is 0.180 e. The Morgan fingerprint density at radius 3 is 2.67 bits per heavy atom. The van der Waals surface area contributed by atoms with Crippen LogP contribution in [0, 0.1) is 0 Å². The molecule has 0 atom stereocenters. The van der Waals surface area contributed by atoms with Gasteiger partial charge in [0, 0.05) is 30.9 Å². The standard InChI is InChI=1S/C14H11N3O/c1-10(18)13-7-14-15-8-12(9-17(14)16-13)11-5-3-2-4-6-11/h2-9H,1H3. The summed E-state index contributed by atoms with van der Waals surface area (Å²) in [5, 5.41) is 4.20. The summed E-state index contributed by atoms with van der Waals surface area (Å²) in [7, 11) is 0. The van der Waals surface area contributed by atoms with E-state index >= 15 is 0 Å². The van der Waals surface area contributed by atoms with Gasteiger partial charge < -0.3 is 0 Å². The molecule has 0 saturated heterocycles. The number of hydrogen-bond donors (Lipinski definition) is 0. The van der Waals surface area contributed by atoms with Crippen molar-refractivity contribution in [2.45, 2.75) is 6.92 Å². The Labute approximate surface area is 104 Å². The van der Waals surface area contributed by atoms with E-state index in [2.05, 4.69) is 10.1 Å². The molecular formula is C14H11N3O. The number of carbonyl (C=O) groups is 1. The molecule has 0 bridgehead atoms. The van der Waals surface area contributed by atoms with Gasteiger partial charge in [-0.05, 0) is 5.56 Å². The molecule has 2 heterocycles. The van der Waals surface area contributed by atoms with Crippen molar-refractivity contribution in [3.63, 3.8) is 0 Å². The van der Waals surface area contributed by atoms with Gasteiger partial charge in [-0.15, -0.1) is 0 Å². The summed E-state index contributed by atoms with van der Waals surface area (Å²) < 4.78 is 1.64. The number of rotatable bonds is 2. The predicted octanol–water partition coefficient (Wildman–Crippen LogP) is 2.60. The van der Waals surface area contributed by atoms with Crippen LogP contribution in [0.25, 0.3) is 16.8 Å². The van der Waals surface area contributed by atoms with E-state index in [-0.39, 0.29) is 5.78 Å². The third-order valence-corrected chi connectivity index (χ3v) is 2.78. The van der Waals surface area contributed by atoms with Crippen molar-refractivity contribution in [2.24, 2.45) is 0 Å². The second-order valence-corrected chi connectivity index (χ2v) is 4.10. The largest absolute Gasteiger partial charge is 0.293 e. The molecule has 0 spiro atoms. The minimum atomic E-state index is -0.0539. The zero-order chi connectivity index (χ0) is 12.5. The number of ketones is 1. The van der Waals surface area contributed by atoms with Gasteiger partial charge in [0.1, 0.15) is 5.69 Å². The average molecular weight is 237 g/mol. The van der Waals surface area contributed by atoms with E-state index in [1.165, 1.54) is 6.92 Å². The third-order valence-electron chi connectivity index (χ3n) is 2.78. The second kappa shape index (κ2) is 4.07. The van der Waals surface area contributed by atoms with Crippen LogP contribution < -0.4 is 0 Å². The maximum atomic E-state index is 11.3. The summed E-state index contributed by atoms with van der Waals surface area (Å²) in [6, 6.07) is 11.6. The van der Waals surface area contributed by atoms with Gasteiger partial charge in [-0.25, -0.2) is 9.50 Å². The van der Waals surface area contributed by atoms with Gasteiger partial charge in [0.15, 0.2) is 11.4 Å². The number of hydrogen-bond acceptors (Lipinski definition) is 3. The molecule has 0 aliphatic heterocycles. The second-order valence-electron chi connectivity index (χ2n) is 4.10. The molecule has 0 N–H and O–H groups in total. The van der Waals surface area contributed by atoms with Crippen LogP contribution in [-0.4, -0.2) is 20.4 Å². The van der Waals surface area contributed by atoms with Crippen LogP contribution in [0.1, 0.15) is 17.4 Å². The minimum Gasteiger partial charge on any atom is -0.293 e. The topological polar surface area (TPSA) is 47.3 Å². The van der Waals surface area contributed by atoms with Gasteiger partial charge >= 0.3 is 0 Å². The van der Waals surface area contributed by atoms with Crippen LogP contribution in [0.4, 0.5) is 0 Å². The lowest BCUT2D eigenvalue weighted by Gasteiger charge is -2.00. The Hall–Kier alpha value is -2.49. The molecule has 0 aliphatic rings. The van der Waals surface area contributed by atoms with Crippen molar-refractivity contribution >= 4 is 11.4 Å². The Bertz CT molecular complexity index is 716. The highest BCUT2D eigenvalue weighted by atomic mass is 16.1. The van der Waals surface area contributed by atoms with Gasteiger partial charge in [-0.2, -0.15) is 5.10 Å². The molecule has 4 nitrogen and oxygen atoms in total. The Morgan fingerprint density at radius 2 is 1.94 bits per heavy atom. The Kier molecular flexibility index (Phi) is 2.41. The number of aromatic nitrogens is 3. The van der Waals surface area contributed by atoms with E-state index in [0.29, 0.717) is 11.3 Å². The van der Waals surface area contributed by atoms with E-state index in [1.54, 1.807) is 16.8 Å². The molecule has 0 fully saturated rings. The van der Waals surface area contributed by atoms with Crippen LogP contribution in [0.5, 0.6) is 0 Å². The highest BCUT2D eigenvalue weighted by Crippen LogP contribution is 2.18. The van der Waals surface area contributed by atoms with Crippen molar-refractivity contribution in [1.82, 2.24) is 14.6 Å². The number of benzene rings is 1. The zero-order valence-electron chi connectivity index (χ0n) is 9.87. The van der Waals surface area contributed by atoms with E-state index in [9.17, 15) is 4.79 Å². The fraction of sp³-hybridized carbons (Fsp3) is 0.0714.